The molecule has 33 heavy (non-hydrogen) atoms. The summed E-state index contributed by atoms with van der Waals surface area (Å²) in [6, 6.07) is 4.56. The normalized spacial score (nSPS) is 32.5. The molecule has 1 saturated carbocycles. The quantitative estimate of drug-likeness (QED) is 0.620. The molecule has 3 saturated heterocycles. The highest BCUT2D eigenvalue weighted by molar-refractivity contribution is 5.94. The van der Waals surface area contributed by atoms with Crippen LogP contribution in [0.15, 0.2) is 18.3 Å². The molecule has 180 valence electrons. The number of nitrogens with zero attached hydrogens (tertiary/aromatic N) is 3. The van der Waals surface area contributed by atoms with Gasteiger partial charge in [0.25, 0.3) is 5.91 Å². The number of carbonyl (C=O) groups is 2. The van der Waals surface area contributed by atoms with E-state index in [2.05, 4.69) is 30.7 Å². The van der Waals surface area contributed by atoms with E-state index in [1.807, 2.05) is 19.1 Å². The van der Waals surface area contributed by atoms with E-state index in [4.69, 9.17) is 0 Å². The lowest BCUT2D eigenvalue weighted by Gasteiger charge is -2.50. The summed E-state index contributed by atoms with van der Waals surface area (Å²) in [5, 5.41) is 9.88. The van der Waals surface area contributed by atoms with Gasteiger partial charge in [-0.3, -0.25) is 14.5 Å². The molecule has 3 aliphatic heterocycles. The zero-order chi connectivity index (χ0) is 22.8. The maximum atomic E-state index is 12.6. The van der Waals surface area contributed by atoms with Crippen LogP contribution in [-0.2, 0) is 4.79 Å². The SMILES string of the molecule is CCNC(=O)c1ccc(N2CCN(CC3CCC4C(C3)NC(=O)C3CCCNC34)CC2)nc1. The lowest BCUT2D eigenvalue weighted by atomic mass is 9.67. The van der Waals surface area contributed by atoms with Crippen LogP contribution in [0.2, 0.25) is 0 Å². The van der Waals surface area contributed by atoms with Crippen molar-refractivity contribution in [1.29, 1.82) is 0 Å². The van der Waals surface area contributed by atoms with Crippen LogP contribution in [0.4, 0.5) is 5.82 Å². The molecular weight excluding hydrogens is 416 g/mol. The van der Waals surface area contributed by atoms with E-state index >= 15 is 0 Å². The van der Waals surface area contributed by atoms with Crippen LogP contribution in [0.1, 0.15) is 49.4 Å². The summed E-state index contributed by atoms with van der Waals surface area (Å²) in [7, 11) is 0. The first kappa shape index (κ1) is 22.6. The van der Waals surface area contributed by atoms with Crippen molar-refractivity contribution >= 4 is 17.6 Å². The number of hydrogen-bond acceptors (Lipinski definition) is 6. The Bertz CT molecular complexity index is 838. The van der Waals surface area contributed by atoms with Gasteiger partial charge in [0.15, 0.2) is 0 Å². The maximum Gasteiger partial charge on any atom is 0.252 e. The largest absolute Gasteiger partial charge is 0.354 e. The minimum absolute atomic E-state index is 0.0694. The first-order valence-electron chi connectivity index (χ1n) is 12.9. The van der Waals surface area contributed by atoms with Crippen LogP contribution in [0.3, 0.4) is 0 Å². The number of anilines is 1. The van der Waals surface area contributed by atoms with Gasteiger partial charge in [0.1, 0.15) is 5.82 Å². The molecule has 1 aromatic rings. The minimum atomic E-state index is -0.0694. The highest BCUT2D eigenvalue weighted by Gasteiger charge is 2.47. The molecule has 3 N–H and O–H groups in total. The van der Waals surface area contributed by atoms with Gasteiger partial charge in [0.2, 0.25) is 5.91 Å². The third-order valence-electron chi connectivity index (χ3n) is 8.20. The third-order valence-corrected chi connectivity index (χ3v) is 8.20. The molecule has 2 amide bonds. The molecule has 5 rings (SSSR count). The number of carbonyl (C=O) groups excluding carboxylic acids is 2. The average molecular weight is 455 g/mol. The maximum absolute atomic E-state index is 12.6. The van der Waals surface area contributed by atoms with Crippen molar-refractivity contribution in [3.05, 3.63) is 23.9 Å². The van der Waals surface area contributed by atoms with E-state index in [-0.39, 0.29) is 17.7 Å². The number of nitrogens with one attached hydrogen (secondary N) is 3. The average Bonchev–Trinajstić information content (AvgIpc) is 2.85. The second-order valence-electron chi connectivity index (χ2n) is 10.2. The van der Waals surface area contributed by atoms with Crippen LogP contribution in [0, 0.1) is 17.8 Å². The number of hydrogen-bond donors (Lipinski definition) is 3. The van der Waals surface area contributed by atoms with E-state index in [1.165, 1.54) is 12.8 Å². The number of amides is 2. The molecule has 8 heteroatoms. The van der Waals surface area contributed by atoms with Crippen molar-refractivity contribution in [2.75, 3.05) is 50.7 Å². The summed E-state index contributed by atoms with van der Waals surface area (Å²) in [6.07, 6.45) is 7.45. The van der Waals surface area contributed by atoms with Crippen LogP contribution < -0.4 is 20.9 Å². The van der Waals surface area contributed by atoms with E-state index < -0.39 is 0 Å². The fraction of sp³-hybridized carbons (Fsp3) is 0.720. The highest BCUT2D eigenvalue weighted by Crippen LogP contribution is 2.39. The lowest BCUT2D eigenvalue weighted by Crippen LogP contribution is -2.64. The molecule has 4 fully saturated rings. The third kappa shape index (κ3) is 4.87. The van der Waals surface area contributed by atoms with Gasteiger partial charge in [-0.1, -0.05) is 0 Å². The summed E-state index contributed by atoms with van der Waals surface area (Å²) in [5.74, 6) is 2.62. The van der Waals surface area contributed by atoms with Crippen molar-refractivity contribution in [2.45, 2.75) is 51.1 Å². The van der Waals surface area contributed by atoms with E-state index in [9.17, 15) is 9.59 Å². The summed E-state index contributed by atoms with van der Waals surface area (Å²) in [4.78, 5) is 34.0. The highest BCUT2D eigenvalue weighted by atomic mass is 16.2. The number of pyridine rings is 1. The van der Waals surface area contributed by atoms with Crippen molar-refractivity contribution in [3.63, 3.8) is 0 Å². The molecule has 5 atom stereocenters. The van der Waals surface area contributed by atoms with Gasteiger partial charge >= 0.3 is 0 Å². The van der Waals surface area contributed by atoms with E-state index in [1.54, 1.807) is 6.20 Å². The number of piperidine rings is 2. The Morgan fingerprint density at radius 1 is 1.18 bits per heavy atom. The molecule has 0 aromatic carbocycles. The first-order chi connectivity index (χ1) is 16.1. The zero-order valence-electron chi connectivity index (χ0n) is 19.8. The van der Waals surface area contributed by atoms with Crippen LogP contribution in [0.5, 0.6) is 0 Å². The predicted octanol–water partition coefficient (Wildman–Crippen LogP) is 1.24. The molecule has 5 unspecified atom stereocenters. The Morgan fingerprint density at radius 3 is 2.79 bits per heavy atom. The fourth-order valence-electron chi connectivity index (χ4n) is 6.48. The smallest absolute Gasteiger partial charge is 0.252 e. The standard InChI is InChI=1S/C25H38N6O2/c1-2-26-24(32)18-6-8-22(28-15-18)31-12-10-30(11-13-31)16-17-5-7-19-21(14-17)29-25(33)20-4-3-9-27-23(19)20/h6,8,15,17,19-21,23,27H,2-5,7,9-14,16H2,1H3,(H,26,32)(H,29,33). The van der Waals surface area contributed by atoms with Crippen molar-refractivity contribution < 1.29 is 9.59 Å². The molecule has 0 spiro atoms. The molecule has 1 aliphatic carbocycles. The van der Waals surface area contributed by atoms with Gasteiger partial charge in [0, 0.05) is 57.5 Å². The second kappa shape index (κ2) is 9.97. The molecule has 0 bridgehead atoms. The molecule has 8 nitrogen and oxygen atoms in total. The van der Waals surface area contributed by atoms with Crippen molar-refractivity contribution in [3.8, 4) is 0 Å². The minimum Gasteiger partial charge on any atom is -0.354 e. The Hall–Kier alpha value is -2.19. The van der Waals surface area contributed by atoms with Gasteiger partial charge in [-0.15, -0.1) is 0 Å². The zero-order valence-corrected chi connectivity index (χ0v) is 19.8. The second-order valence-corrected chi connectivity index (χ2v) is 10.2. The van der Waals surface area contributed by atoms with Gasteiger partial charge < -0.3 is 20.9 Å². The Balaban J connectivity index is 1.10. The van der Waals surface area contributed by atoms with Crippen LogP contribution in [0.25, 0.3) is 0 Å². The molecule has 4 heterocycles. The van der Waals surface area contributed by atoms with Gasteiger partial charge in [-0.25, -0.2) is 4.98 Å². The van der Waals surface area contributed by atoms with E-state index in [0.29, 0.717) is 36.0 Å². The van der Waals surface area contributed by atoms with E-state index in [0.717, 1.165) is 64.3 Å². The number of fused-ring (bicyclic) bond motifs is 3. The van der Waals surface area contributed by atoms with Crippen molar-refractivity contribution in [2.24, 2.45) is 17.8 Å². The number of rotatable bonds is 5. The molecule has 1 aromatic heterocycles. The van der Waals surface area contributed by atoms with Crippen LogP contribution >= 0.6 is 0 Å². The summed E-state index contributed by atoms with van der Waals surface area (Å²) in [6.45, 7) is 8.70. The Morgan fingerprint density at radius 2 is 2.03 bits per heavy atom. The van der Waals surface area contributed by atoms with Gasteiger partial charge in [0.05, 0.1) is 11.5 Å². The summed E-state index contributed by atoms with van der Waals surface area (Å²) in [5.41, 5.74) is 0.611. The van der Waals surface area contributed by atoms with Crippen molar-refractivity contribution in [1.82, 2.24) is 25.8 Å². The first-order valence-corrected chi connectivity index (χ1v) is 12.9. The lowest BCUT2D eigenvalue weighted by molar-refractivity contribution is -0.133. The van der Waals surface area contributed by atoms with Gasteiger partial charge in [-0.05, 0) is 69.5 Å². The Labute approximate surface area is 196 Å². The molecular formula is C25H38N6O2. The molecule has 4 aliphatic rings. The fourth-order valence-corrected chi connectivity index (χ4v) is 6.48. The van der Waals surface area contributed by atoms with Crippen LogP contribution in [-0.4, -0.2) is 79.6 Å². The summed E-state index contributed by atoms with van der Waals surface area (Å²) >= 11 is 0. The number of piperazine rings is 1. The van der Waals surface area contributed by atoms with Gasteiger partial charge in [-0.2, -0.15) is 0 Å². The number of aromatic nitrogens is 1. The Kier molecular flexibility index (Phi) is 6.83. The topological polar surface area (TPSA) is 89.6 Å². The molecule has 0 radical (unpaired) electrons. The monoisotopic (exact) mass is 454 g/mol. The predicted molar refractivity (Wildman–Crippen MR) is 128 cm³/mol. The summed E-state index contributed by atoms with van der Waals surface area (Å²) < 4.78 is 0.